The van der Waals surface area contributed by atoms with Gasteiger partial charge in [0.25, 0.3) is 0 Å². The summed E-state index contributed by atoms with van der Waals surface area (Å²) in [6, 6.07) is 6.25. The monoisotopic (exact) mass is 275 g/mol. The Morgan fingerprint density at radius 1 is 1.20 bits per heavy atom. The highest BCUT2D eigenvalue weighted by Gasteiger charge is 2.21. The number of rotatable bonds is 6. The fourth-order valence-electron chi connectivity index (χ4n) is 2.84. The van der Waals surface area contributed by atoms with Gasteiger partial charge in [0, 0.05) is 5.56 Å². The van der Waals surface area contributed by atoms with Crippen molar-refractivity contribution < 1.29 is 9.47 Å². The van der Waals surface area contributed by atoms with Gasteiger partial charge < -0.3 is 14.8 Å². The molecule has 1 aromatic rings. The van der Waals surface area contributed by atoms with E-state index in [2.05, 4.69) is 24.4 Å². The molecule has 0 aromatic heterocycles. The summed E-state index contributed by atoms with van der Waals surface area (Å²) in [5, 5.41) is 3.59. The van der Waals surface area contributed by atoms with E-state index in [1.165, 1.54) is 30.4 Å². The molecule has 1 aliphatic rings. The summed E-state index contributed by atoms with van der Waals surface area (Å²) in [5.41, 5.74) is 2.64. The Hall–Kier alpha value is -1.48. The van der Waals surface area contributed by atoms with Gasteiger partial charge in [-0.15, -0.1) is 0 Å². The molecule has 0 spiro atoms. The first-order valence-electron chi connectivity index (χ1n) is 7.44. The van der Waals surface area contributed by atoms with Gasteiger partial charge in [0.2, 0.25) is 0 Å². The van der Waals surface area contributed by atoms with Crippen LogP contribution in [0.1, 0.15) is 44.2 Å². The van der Waals surface area contributed by atoms with Crippen LogP contribution in [0.15, 0.2) is 29.8 Å². The first-order valence-corrected chi connectivity index (χ1v) is 7.44. The second-order valence-electron chi connectivity index (χ2n) is 5.12. The Kier molecular flexibility index (Phi) is 5.48. The Balaban J connectivity index is 2.39. The summed E-state index contributed by atoms with van der Waals surface area (Å²) in [5.74, 6) is 1.79. The molecule has 3 heteroatoms. The van der Waals surface area contributed by atoms with Crippen LogP contribution in [0.3, 0.4) is 0 Å². The molecule has 3 nitrogen and oxygen atoms in total. The molecule has 0 aliphatic heterocycles. The molecule has 1 N–H and O–H groups in total. The summed E-state index contributed by atoms with van der Waals surface area (Å²) >= 11 is 0. The van der Waals surface area contributed by atoms with Gasteiger partial charge in [0.05, 0.1) is 20.3 Å². The molecule has 2 rings (SSSR count). The van der Waals surface area contributed by atoms with Crippen LogP contribution in [-0.2, 0) is 0 Å². The Morgan fingerprint density at radius 2 is 2.05 bits per heavy atom. The summed E-state index contributed by atoms with van der Waals surface area (Å²) in [6.45, 7) is 3.07. The van der Waals surface area contributed by atoms with E-state index in [-0.39, 0.29) is 6.04 Å². The number of likely N-dealkylation sites (N-methyl/N-ethyl adjacent to an activating group) is 1. The van der Waals surface area contributed by atoms with E-state index in [1.807, 2.05) is 12.1 Å². The molecule has 0 amide bonds. The molecule has 1 aromatic carbocycles. The van der Waals surface area contributed by atoms with Crippen LogP contribution in [0.4, 0.5) is 0 Å². The molecule has 1 atom stereocenters. The quantitative estimate of drug-likeness (QED) is 0.800. The minimum absolute atomic E-state index is 0.227. The minimum Gasteiger partial charge on any atom is -0.497 e. The molecular weight excluding hydrogens is 250 g/mol. The number of hydrogen-bond donors (Lipinski definition) is 1. The topological polar surface area (TPSA) is 30.5 Å². The van der Waals surface area contributed by atoms with Gasteiger partial charge in [-0.1, -0.05) is 18.6 Å². The summed E-state index contributed by atoms with van der Waals surface area (Å²) < 4.78 is 10.9. The molecular formula is C17H25NO2. The van der Waals surface area contributed by atoms with E-state index in [0.29, 0.717) is 0 Å². The Bertz CT molecular complexity index is 468. The summed E-state index contributed by atoms with van der Waals surface area (Å²) in [7, 11) is 3.43. The van der Waals surface area contributed by atoms with Gasteiger partial charge in [-0.25, -0.2) is 0 Å². The van der Waals surface area contributed by atoms with Crippen LogP contribution in [0.5, 0.6) is 11.5 Å². The second-order valence-corrected chi connectivity index (χ2v) is 5.12. The lowest BCUT2D eigenvalue weighted by Crippen LogP contribution is -2.24. The molecule has 0 fully saturated rings. The van der Waals surface area contributed by atoms with Crippen molar-refractivity contribution in [3.63, 3.8) is 0 Å². The highest BCUT2D eigenvalue weighted by atomic mass is 16.5. The lowest BCUT2D eigenvalue weighted by atomic mass is 9.89. The standard InChI is InChI=1S/C17H25NO2/c1-4-18-17(13-8-6-5-7-9-13)15-12-14(19-2)10-11-16(15)20-3/h8,10-12,17-18H,4-7,9H2,1-3H3. The largest absolute Gasteiger partial charge is 0.497 e. The van der Waals surface area contributed by atoms with Crippen LogP contribution in [0.25, 0.3) is 0 Å². The highest BCUT2D eigenvalue weighted by molar-refractivity contribution is 5.45. The van der Waals surface area contributed by atoms with Crippen molar-refractivity contribution >= 4 is 0 Å². The van der Waals surface area contributed by atoms with Gasteiger partial charge in [0.1, 0.15) is 11.5 Å². The normalized spacial score (nSPS) is 16.4. The van der Waals surface area contributed by atoms with Crippen molar-refractivity contribution in [2.24, 2.45) is 0 Å². The van der Waals surface area contributed by atoms with Crippen molar-refractivity contribution in [3.8, 4) is 11.5 Å². The predicted octanol–water partition coefficient (Wildman–Crippen LogP) is 3.85. The van der Waals surface area contributed by atoms with Gasteiger partial charge in [0.15, 0.2) is 0 Å². The third-order valence-electron chi connectivity index (χ3n) is 3.85. The zero-order valence-electron chi connectivity index (χ0n) is 12.7. The molecule has 0 saturated carbocycles. The number of benzene rings is 1. The van der Waals surface area contributed by atoms with Crippen molar-refractivity contribution in [2.45, 2.75) is 38.6 Å². The molecule has 20 heavy (non-hydrogen) atoms. The number of hydrogen-bond acceptors (Lipinski definition) is 3. The first-order chi connectivity index (χ1) is 9.80. The third-order valence-corrected chi connectivity index (χ3v) is 3.85. The van der Waals surface area contributed by atoms with E-state index in [9.17, 15) is 0 Å². The average molecular weight is 275 g/mol. The molecule has 0 radical (unpaired) electrons. The average Bonchev–Trinajstić information content (AvgIpc) is 2.53. The van der Waals surface area contributed by atoms with Crippen LogP contribution < -0.4 is 14.8 Å². The number of methoxy groups -OCH3 is 2. The lowest BCUT2D eigenvalue weighted by molar-refractivity contribution is 0.392. The zero-order chi connectivity index (χ0) is 14.4. The predicted molar refractivity (Wildman–Crippen MR) is 82.5 cm³/mol. The minimum atomic E-state index is 0.227. The van der Waals surface area contributed by atoms with Crippen molar-refractivity contribution in [2.75, 3.05) is 20.8 Å². The SMILES string of the molecule is CCNC(C1=CCCCC1)c1cc(OC)ccc1OC. The van der Waals surface area contributed by atoms with Gasteiger partial charge in [-0.3, -0.25) is 0 Å². The lowest BCUT2D eigenvalue weighted by Gasteiger charge is -2.26. The van der Waals surface area contributed by atoms with E-state index in [4.69, 9.17) is 9.47 Å². The summed E-state index contributed by atoms with van der Waals surface area (Å²) in [6.07, 6.45) is 7.31. The summed E-state index contributed by atoms with van der Waals surface area (Å²) in [4.78, 5) is 0. The van der Waals surface area contributed by atoms with Gasteiger partial charge >= 0.3 is 0 Å². The molecule has 110 valence electrons. The van der Waals surface area contributed by atoms with Crippen LogP contribution in [-0.4, -0.2) is 20.8 Å². The number of allylic oxidation sites excluding steroid dienone is 1. The smallest absolute Gasteiger partial charge is 0.124 e. The van der Waals surface area contributed by atoms with Crippen LogP contribution in [0.2, 0.25) is 0 Å². The van der Waals surface area contributed by atoms with Crippen molar-refractivity contribution in [1.82, 2.24) is 5.32 Å². The number of ether oxygens (including phenoxy) is 2. The van der Waals surface area contributed by atoms with E-state index in [0.717, 1.165) is 24.5 Å². The number of nitrogens with one attached hydrogen (secondary N) is 1. The van der Waals surface area contributed by atoms with Gasteiger partial charge in [-0.2, -0.15) is 0 Å². The fourth-order valence-corrected chi connectivity index (χ4v) is 2.84. The van der Waals surface area contributed by atoms with Crippen molar-refractivity contribution in [3.05, 3.63) is 35.4 Å². The maximum atomic E-state index is 5.54. The maximum absolute atomic E-state index is 5.54. The zero-order valence-corrected chi connectivity index (χ0v) is 12.7. The third kappa shape index (κ3) is 3.34. The second kappa shape index (κ2) is 7.34. The first kappa shape index (κ1) is 14.9. The van der Waals surface area contributed by atoms with Crippen LogP contribution in [0, 0.1) is 0 Å². The highest BCUT2D eigenvalue weighted by Crippen LogP contribution is 2.36. The fraction of sp³-hybridized carbons (Fsp3) is 0.529. The van der Waals surface area contributed by atoms with E-state index < -0.39 is 0 Å². The Labute approximate surface area is 122 Å². The molecule has 1 aliphatic carbocycles. The van der Waals surface area contributed by atoms with Crippen molar-refractivity contribution in [1.29, 1.82) is 0 Å². The van der Waals surface area contributed by atoms with E-state index >= 15 is 0 Å². The van der Waals surface area contributed by atoms with E-state index in [1.54, 1.807) is 14.2 Å². The maximum Gasteiger partial charge on any atom is 0.124 e. The molecule has 0 bridgehead atoms. The Morgan fingerprint density at radius 3 is 2.65 bits per heavy atom. The molecule has 0 saturated heterocycles. The van der Waals surface area contributed by atoms with Gasteiger partial charge in [-0.05, 0) is 50.4 Å². The molecule has 0 heterocycles. The van der Waals surface area contributed by atoms with Crippen LogP contribution >= 0.6 is 0 Å². The molecule has 1 unspecified atom stereocenters.